The van der Waals surface area contributed by atoms with E-state index in [2.05, 4.69) is 196 Å². The van der Waals surface area contributed by atoms with Crippen LogP contribution in [-0.4, -0.2) is 6.71 Å². The van der Waals surface area contributed by atoms with Crippen molar-refractivity contribution in [2.45, 2.75) is 20.8 Å². The molecule has 0 spiro atoms. The minimum Gasteiger partial charge on any atom is -0.456 e. The van der Waals surface area contributed by atoms with Gasteiger partial charge >= 0.3 is 0 Å². The van der Waals surface area contributed by atoms with E-state index in [4.69, 9.17) is 4.42 Å². The number of furan rings is 1. The van der Waals surface area contributed by atoms with Gasteiger partial charge in [0, 0.05) is 10.8 Å². The summed E-state index contributed by atoms with van der Waals surface area (Å²) in [6, 6.07) is 61.1. The Morgan fingerprint density at radius 1 is 0.474 bits per heavy atom. The highest BCUT2D eigenvalue weighted by Crippen LogP contribution is 2.32. The molecule has 57 heavy (non-hydrogen) atoms. The lowest BCUT2D eigenvalue weighted by molar-refractivity contribution is 0.669. The Morgan fingerprint density at radius 3 is 1.70 bits per heavy atom. The zero-order valence-corrected chi connectivity index (χ0v) is 32.8. The molecule has 0 aliphatic carbocycles. The molecule has 7 aromatic carbocycles. The second-order valence-electron chi connectivity index (χ2n) is 14.7. The van der Waals surface area contributed by atoms with Crippen LogP contribution in [0.3, 0.4) is 0 Å². The summed E-state index contributed by atoms with van der Waals surface area (Å²) < 4.78 is 6.11. The fraction of sp³-hybridized carbons (Fsp3) is 0.0545. The van der Waals surface area contributed by atoms with Crippen molar-refractivity contribution in [3.8, 4) is 22.3 Å². The molecule has 0 unspecified atom stereocenters. The summed E-state index contributed by atoms with van der Waals surface area (Å²) in [4.78, 5) is 0. The van der Waals surface area contributed by atoms with E-state index in [1.165, 1.54) is 60.9 Å². The number of benzene rings is 7. The average Bonchev–Trinajstić information content (AvgIpc) is 3.65. The minimum atomic E-state index is 0.0539. The van der Waals surface area contributed by atoms with Gasteiger partial charge in [-0.2, -0.15) is 0 Å². The topological polar surface area (TPSA) is 13.1 Å². The first-order valence-electron chi connectivity index (χ1n) is 19.7. The Kier molecular flexibility index (Phi) is 11.0. The van der Waals surface area contributed by atoms with E-state index < -0.39 is 0 Å². The monoisotopic (exact) mass is 732 g/mol. The van der Waals surface area contributed by atoms with Crippen molar-refractivity contribution >= 4 is 61.8 Å². The smallest absolute Gasteiger partial charge is 0.241 e. The van der Waals surface area contributed by atoms with E-state index in [-0.39, 0.29) is 6.71 Å². The molecule has 0 amide bonds. The van der Waals surface area contributed by atoms with Crippen molar-refractivity contribution in [2.75, 3.05) is 0 Å². The maximum Gasteiger partial charge on any atom is 0.241 e. The van der Waals surface area contributed by atoms with Gasteiger partial charge in [0.1, 0.15) is 11.2 Å². The summed E-state index contributed by atoms with van der Waals surface area (Å²) in [5, 5.41) is 2.28. The fourth-order valence-corrected chi connectivity index (χ4v) is 7.59. The van der Waals surface area contributed by atoms with Crippen LogP contribution in [0.15, 0.2) is 217 Å². The minimum absolute atomic E-state index is 0.0539. The lowest BCUT2D eigenvalue weighted by Gasteiger charge is -2.18. The molecule has 0 fully saturated rings. The summed E-state index contributed by atoms with van der Waals surface area (Å²) in [5.74, 6) is 0. The number of hydrogen-bond acceptors (Lipinski definition) is 1. The molecule has 0 aliphatic rings. The summed E-state index contributed by atoms with van der Waals surface area (Å²) in [5.41, 5.74) is 17.3. The van der Waals surface area contributed by atoms with Crippen molar-refractivity contribution in [1.29, 1.82) is 0 Å². The van der Waals surface area contributed by atoms with Gasteiger partial charge in [-0.15, -0.1) is 0 Å². The molecule has 0 saturated heterocycles. The van der Waals surface area contributed by atoms with E-state index in [9.17, 15) is 0 Å². The number of hydrogen-bond donors (Lipinski definition) is 0. The maximum absolute atomic E-state index is 6.11. The van der Waals surface area contributed by atoms with Gasteiger partial charge in [0.25, 0.3) is 0 Å². The van der Waals surface area contributed by atoms with Gasteiger partial charge in [-0.3, -0.25) is 0 Å². The predicted molar refractivity (Wildman–Crippen MR) is 249 cm³/mol. The Morgan fingerprint density at radius 2 is 1.02 bits per heavy atom. The van der Waals surface area contributed by atoms with Crippen LogP contribution in [-0.2, 0) is 0 Å². The standard InChI is InChI=1S/C55H45BO/c1-5-6-14-41(4)46-19-13-20-47(37-46)44-25-32-50(33-26-44)56(49-30-23-43(24-31-49)40(3)16-12-15-39(2)42-17-8-7-9-18-42)51-34-27-45(28-35-51)48-29-36-55-53(38-48)52-21-10-11-22-54(52)57-55/h5-38H,2H2,1,3-4H3/b6-5-,15-12-,40-16+,41-14+. The Hall–Kier alpha value is -6.90. The van der Waals surface area contributed by atoms with Gasteiger partial charge in [-0.05, 0) is 101 Å². The Balaban J connectivity index is 1.11. The van der Waals surface area contributed by atoms with Crippen LogP contribution in [0, 0.1) is 0 Å². The molecule has 274 valence electrons. The molecule has 0 radical (unpaired) electrons. The molecule has 1 heterocycles. The molecule has 0 N–H and O–H groups in total. The largest absolute Gasteiger partial charge is 0.456 e. The normalized spacial score (nSPS) is 12.3. The van der Waals surface area contributed by atoms with E-state index in [0.29, 0.717) is 0 Å². The molecule has 8 rings (SSSR count). The van der Waals surface area contributed by atoms with Crippen LogP contribution >= 0.6 is 0 Å². The molecule has 1 nitrogen and oxygen atoms in total. The molecular formula is C55H45BO. The average molecular weight is 733 g/mol. The van der Waals surface area contributed by atoms with Crippen molar-refractivity contribution in [3.63, 3.8) is 0 Å². The highest BCUT2D eigenvalue weighted by atomic mass is 16.3. The Labute approximate surface area is 337 Å². The molecule has 2 heteroatoms. The quantitative estimate of drug-likeness (QED) is 0.0953. The fourth-order valence-electron chi connectivity index (χ4n) is 7.59. The van der Waals surface area contributed by atoms with Crippen molar-refractivity contribution in [2.24, 2.45) is 0 Å². The second-order valence-corrected chi connectivity index (χ2v) is 14.7. The predicted octanol–water partition coefficient (Wildman–Crippen LogP) is 13.1. The summed E-state index contributed by atoms with van der Waals surface area (Å²) >= 11 is 0. The zero-order chi connectivity index (χ0) is 39.1. The lowest BCUT2D eigenvalue weighted by Crippen LogP contribution is -2.51. The van der Waals surface area contributed by atoms with Gasteiger partial charge in [0.2, 0.25) is 6.71 Å². The molecule has 1 aromatic heterocycles. The Bertz CT molecular complexity index is 2790. The van der Waals surface area contributed by atoms with Gasteiger partial charge in [-0.1, -0.05) is 205 Å². The van der Waals surface area contributed by atoms with Crippen LogP contribution < -0.4 is 16.4 Å². The molecule has 8 aromatic rings. The highest BCUT2D eigenvalue weighted by Gasteiger charge is 2.22. The number of allylic oxidation sites excluding steroid dienone is 9. The first-order chi connectivity index (χ1) is 27.9. The first kappa shape index (κ1) is 37.0. The number of rotatable bonds is 11. The first-order valence-corrected chi connectivity index (χ1v) is 19.7. The summed E-state index contributed by atoms with van der Waals surface area (Å²) in [7, 11) is 0. The third kappa shape index (κ3) is 8.22. The van der Waals surface area contributed by atoms with Crippen LogP contribution in [0.5, 0.6) is 0 Å². The molecule has 0 saturated carbocycles. The maximum atomic E-state index is 6.11. The van der Waals surface area contributed by atoms with Gasteiger partial charge in [0.05, 0.1) is 0 Å². The second kappa shape index (κ2) is 16.9. The number of para-hydroxylation sites is 1. The molecule has 0 bridgehead atoms. The van der Waals surface area contributed by atoms with E-state index >= 15 is 0 Å². The van der Waals surface area contributed by atoms with Crippen molar-refractivity contribution in [3.05, 3.63) is 230 Å². The highest BCUT2D eigenvalue weighted by molar-refractivity contribution is 6.95. The lowest BCUT2D eigenvalue weighted by atomic mass is 9.37. The summed E-state index contributed by atoms with van der Waals surface area (Å²) in [6.07, 6.45) is 12.6. The SMILES string of the molecule is C=C(/C=C\C=C(/C)c1ccc(B(c2ccc(-c3cccc(/C(C)=C/C=C\C)c3)cc2)c2ccc(-c3ccc4oc5ccccc5c4c3)cc2)cc1)c1ccccc1. The van der Waals surface area contributed by atoms with Gasteiger partial charge < -0.3 is 4.42 Å². The van der Waals surface area contributed by atoms with Gasteiger partial charge in [0.15, 0.2) is 0 Å². The third-order valence-corrected chi connectivity index (χ3v) is 10.9. The molecule has 0 aliphatic heterocycles. The van der Waals surface area contributed by atoms with E-state index in [0.717, 1.165) is 33.1 Å². The zero-order valence-electron chi connectivity index (χ0n) is 32.8. The van der Waals surface area contributed by atoms with Gasteiger partial charge in [-0.25, -0.2) is 0 Å². The molecule has 0 atom stereocenters. The van der Waals surface area contributed by atoms with Crippen LogP contribution in [0.4, 0.5) is 0 Å². The summed E-state index contributed by atoms with van der Waals surface area (Å²) in [6.45, 7) is 10.7. The van der Waals surface area contributed by atoms with E-state index in [1.54, 1.807) is 0 Å². The van der Waals surface area contributed by atoms with Crippen molar-refractivity contribution < 1.29 is 4.42 Å². The molecular weight excluding hydrogens is 687 g/mol. The van der Waals surface area contributed by atoms with Crippen molar-refractivity contribution in [1.82, 2.24) is 0 Å². The van der Waals surface area contributed by atoms with E-state index in [1.807, 2.05) is 37.3 Å². The van der Waals surface area contributed by atoms with Crippen LogP contribution in [0.1, 0.15) is 37.5 Å². The third-order valence-electron chi connectivity index (χ3n) is 10.9. The number of fused-ring (bicyclic) bond motifs is 3. The van der Waals surface area contributed by atoms with Crippen LogP contribution in [0.25, 0.3) is 60.9 Å². The van der Waals surface area contributed by atoms with Crippen LogP contribution in [0.2, 0.25) is 0 Å².